The first-order valence-corrected chi connectivity index (χ1v) is 11.3. The number of rotatable bonds is 7. The molecule has 0 saturated heterocycles. The van der Waals surface area contributed by atoms with E-state index in [-0.39, 0.29) is 0 Å². The minimum atomic E-state index is 0.344. The van der Waals surface area contributed by atoms with Crippen LogP contribution in [0.25, 0.3) is 17.0 Å². The van der Waals surface area contributed by atoms with E-state index in [2.05, 4.69) is 74.6 Å². The van der Waals surface area contributed by atoms with Crippen LogP contribution in [0.3, 0.4) is 0 Å². The molecular formula is C27H34N4. The molecule has 3 heterocycles. The van der Waals surface area contributed by atoms with Crippen molar-refractivity contribution in [3.05, 3.63) is 77.3 Å². The van der Waals surface area contributed by atoms with Crippen molar-refractivity contribution in [3.63, 3.8) is 0 Å². The maximum Gasteiger partial charge on any atom is 0.0923 e. The van der Waals surface area contributed by atoms with E-state index in [0.29, 0.717) is 5.41 Å². The topological polar surface area (TPSA) is 34.0 Å². The number of hydrogen-bond acceptors (Lipinski definition) is 3. The molecule has 0 radical (unpaired) electrons. The summed E-state index contributed by atoms with van der Waals surface area (Å²) in [4.78, 5) is 7.14. The molecule has 1 aliphatic rings. The van der Waals surface area contributed by atoms with Gasteiger partial charge in [0.15, 0.2) is 0 Å². The molecule has 4 heteroatoms. The maximum atomic E-state index is 4.75. The zero-order valence-electron chi connectivity index (χ0n) is 19.6. The predicted molar refractivity (Wildman–Crippen MR) is 128 cm³/mol. The van der Waals surface area contributed by atoms with Crippen molar-refractivity contribution in [2.75, 3.05) is 0 Å². The van der Waals surface area contributed by atoms with Crippen LogP contribution < -0.4 is 0 Å². The third-order valence-electron chi connectivity index (χ3n) is 6.86. The second-order valence-corrected chi connectivity index (χ2v) is 9.63. The van der Waals surface area contributed by atoms with Crippen LogP contribution in [0.2, 0.25) is 0 Å². The van der Waals surface area contributed by atoms with Crippen LogP contribution >= 0.6 is 0 Å². The van der Waals surface area contributed by atoms with Crippen molar-refractivity contribution in [2.24, 2.45) is 12.5 Å². The minimum absolute atomic E-state index is 0.344. The molecule has 1 aromatic carbocycles. The number of aryl methyl sites for hydroxylation is 3. The van der Waals surface area contributed by atoms with Crippen molar-refractivity contribution in [1.29, 1.82) is 0 Å². The molecule has 0 fully saturated rings. The van der Waals surface area contributed by atoms with Gasteiger partial charge in [-0.3, -0.25) is 9.67 Å². The van der Waals surface area contributed by atoms with E-state index in [1.807, 2.05) is 24.1 Å². The van der Waals surface area contributed by atoms with Gasteiger partial charge >= 0.3 is 0 Å². The number of nitrogens with zero attached hydrogens (tertiary/aromatic N) is 4. The summed E-state index contributed by atoms with van der Waals surface area (Å²) in [5.41, 5.74) is 10.1. The van der Waals surface area contributed by atoms with Gasteiger partial charge in [-0.15, -0.1) is 0 Å². The van der Waals surface area contributed by atoms with Gasteiger partial charge in [0.25, 0.3) is 0 Å². The van der Waals surface area contributed by atoms with Gasteiger partial charge in [-0.25, -0.2) is 0 Å². The van der Waals surface area contributed by atoms with E-state index in [9.17, 15) is 0 Å². The summed E-state index contributed by atoms with van der Waals surface area (Å²) in [6.45, 7) is 15.4. The van der Waals surface area contributed by atoms with Gasteiger partial charge in [-0.1, -0.05) is 45.9 Å². The highest BCUT2D eigenvalue weighted by molar-refractivity contribution is 5.71. The lowest BCUT2D eigenvalue weighted by molar-refractivity contribution is 0.321. The zero-order chi connectivity index (χ0) is 22.2. The molecule has 0 spiro atoms. The number of pyridine rings is 1. The second kappa shape index (κ2) is 8.33. The molecule has 0 N–H and O–H groups in total. The Hall–Kier alpha value is -2.88. The first-order chi connectivity index (χ1) is 14.8. The molecule has 3 aromatic rings. The Morgan fingerprint density at radius 1 is 1.16 bits per heavy atom. The van der Waals surface area contributed by atoms with Crippen molar-refractivity contribution in [3.8, 4) is 11.3 Å². The molecule has 4 rings (SSSR count). The van der Waals surface area contributed by atoms with Crippen LogP contribution in [0.5, 0.6) is 0 Å². The van der Waals surface area contributed by atoms with E-state index in [1.54, 1.807) is 0 Å². The summed E-state index contributed by atoms with van der Waals surface area (Å²) >= 11 is 0. The fourth-order valence-corrected chi connectivity index (χ4v) is 4.27. The van der Waals surface area contributed by atoms with E-state index in [1.165, 1.54) is 34.4 Å². The number of hydrogen-bond donors (Lipinski definition) is 0. The SMILES string of the molecule is C=C1c2c(ccnc2CCC(C)(C)CC)CN1Cc1ccc(-c2ccn(C)n2)cc1C. The molecule has 162 valence electrons. The van der Waals surface area contributed by atoms with Crippen molar-refractivity contribution in [1.82, 2.24) is 19.7 Å². The van der Waals surface area contributed by atoms with Crippen molar-refractivity contribution >= 4 is 5.70 Å². The molecule has 0 saturated carbocycles. The van der Waals surface area contributed by atoms with Gasteiger partial charge in [-0.05, 0) is 60.1 Å². The van der Waals surface area contributed by atoms with E-state index < -0.39 is 0 Å². The van der Waals surface area contributed by atoms with Gasteiger partial charge in [0.05, 0.1) is 5.69 Å². The van der Waals surface area contributed by atoms with Crippen LogP contribution in [0.4, 0.5) is 0 Å². The summed E-state index contributed by atoms with van der Waals surface area (Å²) in [6.07, 6.45) is 7.29. The van der Waals surface area contributed by atoms with E-state index >= 15 is 0 Å². The Balaban J connectivity index is 1.51. The summed E-state index contributed by atoms with van der Waals surface area (Å²) in [6, 6.07) is 10.9. The molecule has 31 heavy (non-hydrogen) atoms. The Morgan fingerprint density at radius 3 is 2.65 bits per heavy atom. The Labute approximate surface area is 186 Å². The highest BCUT2D eigenvalue weighted by atomic mass is 15.2. The highest BCUT2D eigenvalue weighted by Crippen LogP contribution is 2.37. The summed E-state index contributed by atoms with van der Waals surface area (Å²) in [5, 5.41) is 4.53. The molecule has 4 nitrogen and oxygen atoms in total. The lowest BCUT2D eigenvalue weighted by atomic mass is 9.84. The number of fused-ring (bicyclic) bond motifs is 1. The normalized spacial score (nSPS) is 13.7. The summed E-state index contributed by atoms with van der Waals surface area (Å²) in [7, 11) is 1.95. The highest BCUT2D eigenvalue weighted by Gasteiger charge is 2.27. The van der Waals surface area contributed by atoms with E-state index in [4.69, 9.17) is 4.98 Å². The van der Waals surface area contributed by atoms with Crippen molar-refractivity contribution < 1.29 is 0 Å². The third kappa shape index (κ3) is 4.43. The monoisotopic (exact) mass is 414 g/mol. The average molecular weight is 415 g/mol. The lowest BCUT2D eigenvalue weighted by Gasteiger charge is -2.23. The maximum absolute atomic E-state index is 4.75. The second-order valence-electron chi connectivity index (χ2n) is 9.63. The molecule has 0 aliphatic carbocycles. The molecule has 0 bridgehead atoms. The number of benzene rings is 1. The van der Waals surface area contributed by atoms with Gasteiger partial charge in [0.1, 0.15) is 0 Å². The predicted octanol–water partition coefficient (Wildman–Crippen LogP) is 6.15. The summed E-state index contributed by atoms with van der Waals surface area (Å²) < 4.78 is 1.84. The van der Waals surface area contributed by atoms with Gasteiger partial charge in [-0.2, -0.15) is 5.10 Å². The fraction of sp³-hybridized carbons (Fsp3) is 0.407. The third-order valence-corrected chi connectivity index (χ3v) is 6.86. The van der Waals surface area contributed by atoms with Crippen LogP contribution in [0, 0.1) is 12.3 Å². The zero-order valence-corrected chi connectivity index (χ0v) is 19.6. The molecule has 0 amide bonds. The van der Waals surface area contributed by atoms with Crippen LogP contribution in [-0.2, 0) is 26.6 Å². The minimum Gasteiger partial charge on any atom is -0.363 e. The molecule has 0 unspecified atom stereocenters. The van der Waals surface area contributed by atoms with Crippen LogP contribution in [0.15, 0.2) is 49.3 Å². The first-order valence-electron chi connectivity index (χ1n) is 11.3. The standard InChI is InChI=1S/C27H34N4/c1-7-27(4,5)13-10-25-26-20(3)31(18-23(26)11-14-28-25)17-22-9-8-21(16-19(22)2)24-12-15-30(6)29-24/h8-9,11-12,14-16H,3,7,10,13,17-18H2,1-2,4-6H3. The Kier molecular flexibility index (Phi) is 5.74. The van der Waals surface area contributed by atoms with Crippen LogP contribution in [0.1, 0.15) is 61.6 Å². The Bertz CT molecular complexity index is 1110. The van der Waals surface area contributed by atoms with E-state index in [0.717, 1.165) is 42.9 Å². The molecule has 1 aliphatic heterocycles. The first kappa shape index (κ1) is 21.4. The Morgan fingerprint density at radius 2 is 1.97 bits per heavy atom. The fourth-order valence-electron chi connectivity index (χ4n) is 4.27. The molecule has 0 atom stereocenters. The molecule has 2 aromatic heterocycles. The average Bonchev–Trinajstić information content (AvgIpc) is 3.32. The van der Waals surface area contributed by atoms with Gasteiger partial charge < -0.3 is 4.90 Å². The van der Waals surface area contributed by atoms with Gasteiger partial charge in [0.2, 0.25) is 0 Å². The lowest BCUT2D eigenvalue weighted by Crippen LogP contribution is -2.15. The summed E-state index contributed by atoms with van der Waals surface area (Å²) in [5.74, 6) is 0. The van der Waals surface area contributed by atoms with Crippen molar-refractivity contribution in [2.45, 2.75) is 60.0 Å². The smallest absolute Gasteiger partial charge is 0.0923 e. The van der Waals surface area contributed by atoms with Gasteiger partial charge in [0, 0.05) is 55.0 Å². The molecular weight excluding hydrogens is 380 g/mol. The van der Waals surface area contributed by atoms with Crippen LogP contribution in [-0.4, -0.2) is 19.7 Å². The number of aromatic nitrogens is 3. The largest absolute Gasteiger partial charge is 0.363 e. The quantitative estimate of drug-likeness (QED) is 0.465.